The number of nitrogens with one attached hydrogen (secondary N) is 1. The zero-order valence-corrected chi connectivity index (χ0v) is 12.0. The Labute approximate surface area is 113 Å². The van der Waals surface area contributed by atoms with Crippen LogP contribution in [-0.2, 0) is 9.84 Å². The molecule has 2 aromatic rings. The van der Waals surface area contributed by atoms with E-state index in [-0.39, 0.29) is 10.9 Å². The highest BCUT2D eigenvalue weighted by atomic mass is 32.2. The molecule has 1 heterocycles. The van der Waals surface area contributed by atoms with Gasteiger partial charge in [0.2, 0.25) is 0 Å². The molecule has 6 heteroatoms. The zero-order chi connectivity index (χ0) is 14.0. The van der Waals surface area contributed by atoms with Crippen molar-refractivity contribution in [2.45, 2.75) is 17.9 Å². The van der Waals surface area contributed by atoms with Gasteiger partial charge in [-0.05, 0) is 31.7 Å². The second kappa shape index (κ2) is 5.14. The Balaban J connectivity index is 2.30. The number of hydrogen-bond donors (Lipinski definition) is 1. The summed E-state index contributed by atoms with van der Waals surface area (Å²) in [7, 11) is -1.30. The van der Waals surface area contributed by atoms with Gasteiger partial charge in [0.05, 0.1) is 11.9 Å². The maximum Gasteiger partial charge on any atom is 0.178 e. The molecule has 5 nitrogen and oxygen atoms in total. The van der Waals surface area contributed by atoms with Crippen molar-refractivity contribution in [3.8, 4) is 5.69 Å². The Morgan fingerprint density at radius 1 is 1.26 bits per heavy atom. The summed E-state index contributed by atoms with van der Waals surface area (Å²) >= 11 is 0. The van der Waals surface area contributed by atoms with Crippen LogP contribution in [0.25, 0.3) is 5.69 Å². The summed E-state index contributed by atoms with van der Waals surface area (Å²) < 4.78 is 24.4. The fourth-order valence-corrected chi connectivity index (χ4v) is 2.25. The standard InChI is InChI=1S/C13H17N3O2S/c1-10(14-2)11-4-6-12(7-5-11)16-9-13(8-15-16)19(3,17)18/h4-10,14H,1-3H3. The lowest BCUT2D eigenvalue weighted by Gasteiger charge is -2.11. The van der Waals surface area contributed by atoms with Crippen LogP contribution in [0.5, 0.6) is 0 Å². The van der Waals surface area contributed by atoms with E-state index in [1.54, 1.807) is 4.68 Å². The van der Waals surface area contributed by atoms with E-state index < -0.39 is 9.84 Å². The van der Waals surface area contributed by atoms with Gasteiger partial charge < -0.3 is 5.32 Å². The van der Waals surface area contributed by atoms with Gasteiger partial charge in [0.25, 0.3) is 0 Å². The maximum absolute atomic E-state index is 11.4. The summed E-state index contributed by atoms with van der Waals surface area (Å²) in [6.45, 7) is 2.07. The normalized spacial score (nSPS) is 13.4. The van der Waals surface area contributed by atoms with E-state index in [0.29, 0.717) is 0 Å². The van der Waals surface area contributed by atoms with E-state index in [1.165, 1.54) is 24.2 Å². The van der Waals surface area contributed by atoms with E-state index in [9.17, 15) is 8.42 Å². The quantitative estimate of drug-likeness (QED) is 0.922. The van der Waals surface area contributed by atoms with Gasteiger partial charge in [-0.3, -0.25) is 0 Å². The summed E-state index contributed by atoms with van der Waals surface area (Å²) in [4.78, 5) is 0.222. The Bertz CT molecular complexity index is 659. The number of aromatic nitrogens is 2. The summed E-state index contributed by atoms with van der Waals surface area (Å²) in [6, 6.07) is 8.11. The third-order valence-corrected chi connectivity index (χ3v) is 4.14. The second-order valence-corrected chi connectivity index (χ2v) is 6.51. The molecule has 0 saturated heterocycles. The highest BCUT2D eigenvalue weighted by Crippen LogP contribution is 2.16. The van der Waals surface area contributed by atoms with Crippen LogP contribution in [-0.4, -0.2) is 31.5 Å². The molecule has 0 spiro atoms. The van der Waals surface area contributed by atoms with Crippen molar-refractivity contribution in [3.05, 3.63) is 42.2 Å². The fraction of sp³-hybridized carbons (Fsp3) is 0.308. The average Bonchev–Trinajstić information content (AvgIpc) is 2.87. The Hall–Kier alpha value is -1.66. The van der Waals surface area contributed by atoms with E-state index in [0.717, 1.165) is 5.69 Å². The molecule has 1 aromatic heterocycles. The molecule has 1 aromatic carbocycles. The van der Waals surface area contributed by atoms with Crippen LogP contribution in [0.1, 0.15) is 18.5 Å². The Morgan fingerprint density at radius 3 is 2.37 bits per heavy atom. The predicted molar refractivity (Wildman–Crippen MR) is 74.1 cm³/mol. The Kier molecular flexibility index (Phi) is 3.73. The van der Waals surface area contributed by atoms with E-state index in [4.69, 9.17) is 0 Å². The van der Waals surface area contributed by atoms with Crippen LogP contribution >= 0.6 is 0 Å². The van der Waals surface area contributed by atoms with Crippen molar-refractivity contribution in [1.82, 2.24) is 15.1 Å². The van der Waals surface area contributed by atoms with Crippen LogP contribution in [0, 0.1) is 0 Å². The number of rotatable bonds is 4. The lowest BCUT2D eigenvalue weighted by molar-refractivity contribution is 0.602. The summed E-state index contributed by atoms with van der Waals surface area (Å²) in [5.41, 5.74) is 2.00. The van der Waals surface area contributed by atoms with Gasteiger partial charge >= 0.3 is 0 Å². The average molecular weight is 279 g/mol. The predicted octanol–water partition coefficient (Wildman–Crippen LogP) is 1.56. The topological polar surface area (TPSA) is 64.0 Å². The van der Waals surface area contributed by atoms with Crippen molar-refractivity contribution in [2.24, 2.45) is 0 Å². The number of nitrogens with zero attached hydrogens (tertiary/aromatic N) is 2. The SMILES string of the molecule is CNC(C)c1ccc(-n2cc(S(C)(=O)=O)cn2)cc1. The van der Waals surface area contributed by atoms with E-state index in [2.05, 4.69) is 17.3 Å². The van der Waals surface area contributed by atoms with Crippen molar-refractivity contribution >= 4 is 9.84 Å². The number of hydrogen-bond acceptors (Lipinski definition) is 4. The molecule has 0 aliphatic carbocycles. The number of benzene rings is 1. The molecule has 1 N–H and O–H groups in total. The minimum absolute atomic E-state index is 0.222. The van der Waals surface area contributed by atoms with Crippen LogP contribution in [0.2, 0.25) is 0 Å². The molecular formula is C13H17N3O2S. The third kappa shape index (κ3) is 3.02. The molecule has 1 atom stereocenters. The van der Waals surface area contributed by atoms with Crippen LogP contribution in [0.3, 0.4) is 0 Å². The largest absolute Gasteiger partial charge is 0.313 e. The first-order valence-corrected chi connectivity index (χ1v) is 7.83. The van der Waals surface area contributed by atoms with Crippen LogP contribution in [0.4, 0.5) is 0 Å². The minimum atomic E-state index is -3.21. The minimum Gasteiger partial charge on any atom is -0.313 e. The van der Waals surface area contributed by atoms with Crippen molar-refractivity contribution in [2.75, 3.05) is 13.3 Å². The monoisotopic (exact) mass is 279 g/mol. The molecule has 19 heavy (non-hydrogen) atoms. The summed E-state index contributed by atoms with van der Waals surface area (Å²) in [5.74, 6) is 0. The molecule has 2 rings (SSSR count). The molecule has 0 radical (unpaired) electrons. The smallest absolute Gasteiger partial charge is 0.178 e. The molecule has 1 unspecified atom stereocenters. The highest BCUT2D eigenvalue weighted by molar-refractivity contribution is 7.90. The van der Waals surface area contributed by atoms with Gasteiger partial charge in [-0.15, -0.1) is 0 Å². The molecule has 0 bridgehead atoms. The Morgan fingerprint density at radius 2 is 1.89 bits per heavy atom. The van der Waals surface area contributed by atoms with Gasteiger partial charge in [0.1, 0.15) is 4.90 Å². The second-order valence-electron chi connectivity index (χ2n) is 4.49. The van der Waals surface area contributed by atoms with Gasteiger partial charge in [0, 0.05) is 18.5 Å². The molecule has 0 amide bonds. The van der Waals surface area contributed by atoms with Crippen molar-refractivity contribution < 1.29 is 8.42 Å². The summed E-state index contributed by atoms with van der Waals surface area (Å²) in [5, 5.41) is 7.23. The fourth-order valence-electron chi connectivity index (χ4n) is 1.72. The van der Waals surface area contributed by atoms with Gasteiger partial charge in [-0.1, -0.05) is 12.1 Å². The van der Waals surface area contributed by atoms with Gasteiger partial charge in [-0.2, -0.15) is 5.10 Å². The van der Waals surface area contributed by atoms with E-state index >= 15 is 0 Å². The number of sulfone groups is 1. The summed E-state index contributed by atoms with van der Waals surface area (Å²) in [6.07, 6.45) is 4.05. The molecule has 102 valence electrons. The maximum atomic E-state index is 11.4. The van der Waals surface area contributed by atoms with Crippen LogP contribution < -0.4 is 5.32 Å². The zero-order valence-electron chi connectivity index (χ0n) is 11.2. The first-order chi connectivity index (χ1) is 8.91. The molecular weight excluding hydrogens is 262 g/mol. The third-order valence-electron chi connectivity index (χ3n) is 3.08. The molecule has 0 fully saturated rings. The highest BCUT2D eigenvalue weighted by Gasteiger charge is 2.10. The van der Waals surface area contributed by atoms with Gasteiger partial charge in [0.15, 0.2) is 9.84 Å². The first-order valence-electron chi connectivity index (χ1n) is 5.94. The molecule has 0 aliphatic rings. The van der Waals surface area contributed by atoms with Crippen molar-refractivity contribution in [3.63, 3.8) is 0 Å². The first kappa shape index (κ1) is 13.8. The molecule has 0 aliphatic heterocycles. The van der Waals surface area contributed by atoms with E-state index in [1.807, 2.05) is 31.3 Å². The lowest BCUT2D eigenvalue weighted by atomic mass is 10.1. The molecule has 0 saturated carbocycles. The van der Waals surface area contributed by atoms with Crippen molar-refractivity contribution in [1.29, 1.82) is 0 Å². The lowest BCUT2D eigenvalue weighted by Crippen LogP contribution is -2.12. The van der Waals surface area contributed by atoms with Gasteiger partial charge in [-0.25, -0.2) is 13.1 Å². The van der Waals surface area contributed by atoms with Crippen LogP contribution in [0.15, 0.2) is 41.6 Å².